The van der Waals surface area contributed by atoms with Gasteiger partial charge in [-0.2, -0.15) is 0 Å². The Bertz CT molecular complexity index is 1680. The standard InChI is InChI=1S/C42H36P2.4C2H6/c1-5-17-33(18-6-1)43(34-19-7-2-8-20-34)39-29-27-31-15-13-25-37(31)41(39)42-38-26-14-16-32(38)28-30-40(42)44(35-21-9-3-10-22-35)36-23-11-4-12-24-36;4*1-2/h1-12,17-24,27-30H,13-16,25-26H2;4*1-2H3. The zero-order valence-electron chi connectivity index (χ0n) is 33.0. The fraction of sp³-hybridized carbons (Fsp3) is 0.280. The first-order chi connectivity index (χ1) is 25.9. The maximum absolute atomic E-state index is 2.52. The second kappa shape index (κ2) is 21.6. The predicted octanol–water partition coefficient (Wildman–Crippen LogP) is 12.0. The minimum Gasteiger partial charge on any atom is -0.0683 e. The van der Waals surface area contributed by atoms with Crippen LogP contribution >= 0.6 is 15.8 Å². The van der Waals surface area contributed by atoms with Gasteiger partial charge in [0.1, 0.15) is 0 Å². The van der Waals surface area contributed by atoms with Crippen molar-refractivity contribution in [2.45, 2.75) is 93.9 Å². The van der Waals surface area contributed by atoms with Crippen LogP contribution in [0.1, 0.15) is 90.5 Å². The van der Waals surface area contributed by atoms with E-state index in [1.54, 1.807) is 33.4 Å². The molecule has 0 saturated heterocycles. The Morgan fingerprint density at radius 1 is 0.308 bits per heavy atom. The lowest BCUT2D eigenvalue weighted by atomic mass is 9.91. The van der Waals surface area contributed by atoms with Crippen molar-refractivity contribution in [3.05, 3.63) is 168 Å². The van der Waals surface area contributed by atoms with Crippen molar-refractivity contribution in [2.24, 2.45) is 0 Å². The predicted molar refractivity (Wildman–Crippen MR) is 239 cm³/mol. The number of benzene rings is 6. The summed E-state index contributed by atoms with van der Waals surface area (Å²) < 4.78 is 0. The molecule has 2 aliphatic carbocycles. The van der Waals surface area contributed by atoms with Crippen LogP contribution in [0.5, 0.6) is 0 Å². The summed E-state index contributed by atoms with van der Waals surface area (Å²) >= 11 is 0. The van der Waals surface area contributed by atoms with Crippen molar-refractivity contribution in [3.63, 3.8) is 0 Å². The van der Waals surface area contributed by atoms with E-state index in [-0.39, 0.29) is 0 Å². The molecule has 2 heteroatoms. The summed E-state index contributed by atoms with van der Waals surface area (Å²) in [6.07, 6.45) is 7.21. The van der Waals surface area contributed by atoms with Gasteiger partial charge in [-0.25, -0.2) is 0 Å². The zero-order valence-corrected chi connectivity index (χ0v) is 34.8. The Kier molecular flexibility index (Phi) is 17.0. The molecule has 0 radical (unpaired) electrons. The molecule has 0 atom stereocenters. The zero-order chi connectivity index (χ0) is 37.3. The van der Waals surface area contributed by atoms with E-state index in [0.717, 1.165) is 0 Å². The van der Waals surface area contributed by atoms with Gasteiger partial charge in [0, 0.05) is 0 Å². The molecule has 0 nitrogen and oxygen atoms in total. The first-order valence-corrected chi connectivity index (χ1v) is 22.7. The van der Waals surface area contributed by atoms with E-state index in [4.69, 9.17) is 0 Å². The molecule has 0 aromatic heterocycles. The van der Waals surface area contributed by atoms with Gasteiger partial charge in [0.2, 0.25) is 0 Å². The molecule has 270 valence electrons. The first-order valence-electron chi connectivity index (χ1n) is 20.0. The smallest absolute Gasteiger partial charge is 0.00559 e. The number of aryl methyl sites for hydroxylation is 2. The van der Waals surface area contributed by atoms with E-state index in [0.29, 0.717) is 0 Å². The van der Waals surface area contributed by atoms with Crippen molar-refractivity contribution < 1.29 is 0 Å². The van der Waals surface area contributed by atoms with Crippen LogP contribution in [-0.4, -0.2) is 0 Å². The normalized spacial score (nSPS) is 12.1. The van der Waals surface area contributed by atoms with E-state index >= 15 is 0 Å². The molecule has 6 aromatic carbocycles. The van der Waals surface area contributed by atoms with E-state index in [1.807, 2.05) is 55.4 Å². The monoisotopic (exact) mass is 722 g/mol. The average molecular weight is 723 g/mol. The van der Waals surface area contributed by atoms with Crippen LogP contribution in [0.3, 0.4) is 0 Å². The summed E-state index contributed by atoms with van der Waals surface area (Å²) in [4.78, 5) is 0. The van der Waals surface area contributed by atoms with Crippen LogP contribution in [0.25, 0.3) is 11.1 Å². The van der Waals surface area contributed by atoms with Gasteiger partial charge in [-0.15, -0.1) is 0 Å². The van der Waals surface area contributed by atoms with Gasteiger partial charge in [0.25, 0.3) is 0 Å². The summed E-state index contributed by atoms with van der Waals surface area (Å²) in [6, 6.07) is 55.2. The van der Waals surface area contributed by atoms with E-state index in [2.05, 4.69) is 146 Å². The fourth-order valence-corrected chi connectivity index (χ4v) is 12.4. The van der Waals surface area contributed by atoms with Crippen molar-refractivity contribution in [3.8, 4) is 11.1 Å². The molecule has 0 fully saturated rings. The number of rotatable bonds is 7. The van der Waals surface area contributed by atoms with Gasteiger partial charge in [-0.3, -0.25) is 0 Å². The van der Waals surface area contributed by atoms with Gasteiger partial charge in [0.15, 0.2) is 0 Å². The summed E-state index contributed by atoms with van der Waals surface area (Å²) in [6.45, 7) is 16.0. The molecule has 0 unspecified atom stereocenters. The summed E-state index contributed by atoms with van der Waals surface area (Å²) in [7, 11) is -1.47. The minimum absolute atomic E-state index is 0.737. The summed E-state index contributed by atoms with van der Waals surface area (Å²) in [5.41, 5.74) is 9.47. The van der Waals surface area contributed by atoms with Crippen molar-refractivity contribution in [2.75, 3.05) is 0 Å². The highest BCUT2D eigenvalue weighted by molar-refractivity contribution is 7.80. The lowest BCUT2D eigenvalue weighted by Gasteiger charge is -2.29. The molecule has 0 saturated carbocycles. The molecule has 0 spiro atoms. The Balaban J connectivity index is 0.000000710. The third-order valence-corrected chi connectivity index (χ3v) is 14.3. The third-order valence-electron chi connectivity index (χ3n) is 9.31. The topological polar surface area (TPSA) is 0 Å². The van der Waals surface area contributed by atoms with E-state index < -0.39 is 15.8 Å². The van der Waals surface area contributed by atoms with Gasteiger partial charge in [0.05, 0.1) is 0 Å². The Hall–Kier alpha value is -3.82. The highest BCUT2D eigenvalue weighted by Crippen LogP contribution is 2.47. The average Bonchev–Trinajstić information content (AvgIpc) is 3.94. The van der Waals surface area contributed by atoms with E-state index in [1.165, 1.54) is 70.4 Å². The number of hydrogen-bond acceptors (Lipinski definition) is 0. The van der Waals surface area contributed by atoms with Gasteiger partial charge >= 0.3 is 0 Å². The van der Waals surface area contributed by atoms with Crippen LogP contribution in [-0.2, 0) is 25.7 Å². The lowest BCUT2D eigenvalue weighted by molar-refractivity contribution is 0.910. The Labute approximate surface area is 319 Å². The van der Waals surface area contributed by atoms with Crippen molar-refractivity contribution in [1.82, 2.24) is 0 Å². The second-order valence-electron chi connectivity index (χ2n) is 11.9. The van der Waals surface area contributed by atoms with Gasteiger partial charge in [-0.05, 0) is 120 Å². The van der Waals surface area contributed by atoms with Crippen LogP contribution in [0, 0.1) is 0 Å². The minimum atomic E-state index is -0.737. The first kappa shape index (κ1) is 40.9. The second-order valence-corrected chi connectivity index (χ2v) is 16.3. The molecule has 0 bridgehead atoms. The highest BCUT2D eigenvalue weighted by Gasteiger charge is 2.32. The lowest BCUT2D eigenvalue weighted by Crippen LogP contribution is -2.27. The SMILES string of the molecule is CC.CC.CC.CC.c1ccc(P(c2ccccc2)c2ccc3c(c2-c2c(P(c4ccccc4)c4ccccc4)ccc4c2CCC4)CCC3)cc1. The maximum atomic E-state index is 2.52. The van der Waals surface area contributed by atoms with Crippen LogP contribution in [0.4, 0.5) is 0 Å². The summed E-state index contributed by atoms with van der Waals surface area (Å²) in [5.74, 6) is 0. The van der Waals surface area contributed by atoms with E-state index in [9.17, 15) is 0 Å². The van der Waals surface area contributed by atoms with Crippen LogP contribution in [0.15, 0.2) is 146 Å². The maximum Gasteiger partial charge on any atom is -0.00559 e. The molecular weight excluding hydrogens is 662 g/mol. The fourth-order valence-electron chi connectivity index (χ4n) is 7.40. The Morgan fingerprint density at radius 2 is 0.577 bits per heavy atom. The number of hydrogen-bond donors (Lipinski definition) is 0. The molecule has 0 heterocycles. The van der Waals surface area contributed by atoms with Gasteiger partial charge < -0.3 is 0 Å². The van der Waals surface area contributed by atoms with Crippen LogP contribution in [0.2, 0.25) is 0 Å². The quantitative estimate of drug-likeness (QED) is 0.144. The molecule has 8 rings (SSSR count). The molecular formula is C50H60P2. The van der Waals surface area contributed by atoms with Crippen molar-refractivity contribution >= 4 is 47.7 Å². The van der Waals surface area contributed by atoms with Crippen molar-refractivity contribution in [1.29, 1.82) is 0 Å². The molecule has 2 aliphatic rings. The third kappa shape index (κ3) is 9.03. The highest BCUT2D eigenvalue weighted by atomic mass is 31.1. The molecule has 6 aromatic rings. The molecule has 0 aliphatic heterocycles. The van der Waals surface area contributed by atoms with Crippen LogP contribution < -0.4 is 31.8 Å². The molecule has 0 amide bonds. The summed E-state index contributed by atoms with van der Waals surface area (Å²) in [5, 5.41) is 8.75. The molecule has 52 heavy (non-hydrogen) atoms. The number of fused-ring (bicyclic) bond motifs is 2. The molecule has 0 N–H and O–H groups in total. The largest absolute Gasteiger partial charge is 0.0683 e. The Morgan fingerprint density at radius 3 is 0.846 bits per heavy atom. The van der Waals surface area contributed by atoms with Gasteiger partial charge in [-0.1, -0.05) is 201 Å².